The van der Waals surface area contributed by atoms with Crippen LogP contribution in [0.5, 0.6) is 0 Å². The van der Waals surface area contributed by atoms with E-state index in [-0.39, 0.29) is 16.0 Å². The van der Waals surface area contributed by atoms with Gasteiger partial charge in [-0.3, -0.25) is 4.72 Å². The second-order valence-electron chi connectivity index (χ2n) is 6.35. The smallest absolute Gasteiger partial charge is 0.263 e. The number of benzene rings is 2. The molecule has 3 aromatic rings. The number of hydrogen-bond donors (Lipinski definition) is 2. The predicted molar refractivity (Wildman–Crippen MR) is 101 cm³/mol. The molecule has 2 N–H and O–H groups in total. The van der Waals surface area contributed by atoms with E-state index in [1.807, 2.05) is 0 Å². The van der Waals surface area contributed by atoms with Gasteiger partial charge in [0.15, 0.2) is 0 Å². The Morgan fingerprint density at radius 3 is 2.92 bits per heavy atom. The molecule has 0 saturated carbocycles. The zero-order chi connectivity index (χ0) is 18.3. The standard InChI is InChI=1S/C18H18ClN3O3S/c1-11-4-2-6-16(17(11)19)26(23,24)22-12-7-8-13-14(10-12)21-18(20-13)15-5-3-9-25-15/h2,4,6-8,10,15,22H,3,5,9H2,1H3,(H,20,21). The zero-order valence-corrected chi connectivity index (χ0v) is 15.7. The van der Waals surface area contributed by atoms with Crippen molar-refractivity contribution in [3.05, 3.63) is 52.8 Å². The van der Waals surface area contributed by atoms with Crippen molar-refractivity contribution in [3.63, 3.8) is 0 Å². The average molecular weight is 392 g/mol. The summed E-state index contributed by atoms with van der Waals surface area (Å²) < 4.78 is 33.6. The largest absolute Gasteiger partial charge is 0.370 e. The maximum atomic E-state index is 12.7. The molecular formula is C18H18ClN3O3S. The molecule has 1 atom stereocenters. The molecule has 4 rings (SSSR count). The number of fused-ring (bicyclic) bond motifs is 1. The first kappa shape index (κ1) is 17.3. The number of aryl methyl sites for hydroxylation is 1. The van der Waals surface area contributed by atoms with Crippen LogP contribution in [0.3, 0.4) is 0 Å². The van der Waals surface area contributed by atoms with E-state index in [2.05, 4.69) is 14.7 Å². The second-order valence-corrected chi connectivity index (χ2v) is 8.38. The Labute approximate surface area is 156 Å². The fraction of sp³-hybridized carbons (Fsp3) is 0.278. The zero-order valence-electron chi connectivity index (χ0n) is 14.1. The Hall–Kier alpha value is -2.09. The van der Waals surface area contributed by atoms with Gasteiger partial charge >= 0.3 is 0 Å². The first-order valence-corrected chi connectivity index (χ1v) is 10.2. The minimum Gasteiger partial charge on any atom is -0.370 e. The normalized spacial score (nSPS) is 17.7. The van der Waals surface area contributed by atoms with Crippen molar-refractivity contribution in [1.29, 1.82) is 0 Å². The number of ether oxygens (including phenoxy) is 1. The van der Waals surface area contributed by atoms with Gasteiger partial charge in [-0.15, -0.1) is 0 Å². The van der Waals surface area contributed by atoms with Crippen molar-refractivity contribution in [2.75, 3.05) is 11.3 Å². The van der Waals surface area contributed by atoms with Crippen molar-refractivity contribution in [2.45, 2.75) is 30.8 Å². The van der Waals surface area contributed by atoms with Gasteiger partial charge in [0.1, 0.15) is 16.8 Å². The molecule has 2 heterocycles. The van der Waals surface area contributed by atoms with E-state index >= 15 is 0 Å². The SMILES string of the molecule is Cc1cccc(S(=O)(=O)Nc2ccc3nc(C4CCCO4)[nH]c3c2)c1Cl. The van der Waals surface area contributed by atoms with Crippen LogP contribution >= 0.6 is 11.6 Å². The number of sulfonamides is 1. The van der Waals surface area contributed by atoms with Crippen molar-refractivity contribution in [2.24, 2.45) is 0 Å². The van der Waals surface area contributed by atoms with Crippen LogP contribution in [0.2, 0.25) is 5.02 Å². The molecule has 1 aliphatic rings. The molecular weight excluding hydrogens is 374 g/mol. The summed E-state index contributed by atoms with van der Waals surface area (Å²) in [6.45, 7) is 2.51. The van der Waals surface area contributed by atoms with Crippen LogP contribution in [-0.2, 0) is 14.8 Å². The van der Waals surface area contributed by atoms with Crippen molar-refractivity contribution >= 4 is 38.3 Å². The topological polar surface area (TPSA) is 84.1 Å². The van der Waals surface area contributed by atoms with Gasteiger partial charge in [-0.2, -0.15) is 0 Å². The van der Waals surface area contributed by atoms with Crippen LogP contribution in [0.1, 0.15) is 30.3 Å². The quantitative estimate of drug-likeness (QED) is 0.698. The number of nitrogens with one attached hydrogen (secondary N) is 2. The van der Waals surface area contributed by atoms with E-state index in [0.29, 0.717) is 11.3 Å². The summed E-state index contributed by atoms with van der Waals surface area (Å²) in [5.41, 5.74) is 2.68. The maximum absolute atomic E-state index is 12.7. The van der Waals surface area contributed by atoms with Crippen LogP contribution in [0.15, 0.2) is 41.3 Å². The van der Waals surface area contributed by atoms with Gasteiger partial charge in [0.2, 0.25) is 0 Å². The lowest BCUT2D eigenvalue weighted by atomic mass is 10.2. The molecule has 26 heavy (non-hydrogen) atoms. The predicted octanol–water partition coefficient (Wildman–Crippen LogP) is 4.18. The minimum atomic E-state index is -3.78. The number of anilines is 1. The molecule has 6 nitrogen and oxygen atoms in total. The van der Waals surface area contributed by atoms with Crippen molar-refractivity contribution < 1.29 is 13.2 Å². The summed E-state index contributed by atoms with van der Waals surface area (Å²) in [5, 5.41) is 0.225. The molecule has 136 valence electrons. The van der Waals surface area contributed by atoms with E-state index in [1.54, 1.807) is 37.3 Å². The molecule has 0 aliphatic carbocycles. The molecule has 0 bridgehead atoms. The summed E-state index contributed by atoms with van der Waals surface area (Å²) in [6, 6.07) is 10.1. The number of hydrogen-bond acceptors (Lipinski definition) is 4. The number of rotatable bonds is 4. The molecule has 0 spiro atoms. The fourth-order valence-corrected chi connectivity index (χ4v) is 4.71. The number of imidazole rings is 1. The lowest BCUT2D eigenvalue weighted by Crippen LogP contribution is -2.13. The Kier molecular flexibility index (Phi) is 4.38. The molecule has 1 unspecified atom stereocenters. The monoisotopic (exact) mass is 391 g/mol. The van der Waals surface area contributed by atoms with Crippen LogP contribution in [0.4, 0.5) is 5.69 Å². The molecule has 1 fully saturated rings. The Morgan fingerprint density at radius 2 is 2.15 bits per heavy atom. The number of nitrogens with zero attached hydrogens (tertiary/aromatic N) is 1. The Bertz CT molecular complexity index is 1070. The highest BCUT2D eigenvalue weighted by molar-refractivity contribution is 7.92. The van der Waals surface area contributed by atoms with E-state index in [9.17, 15) is 8.42 Å². The summed E-state index contributed by atoms with van der Waals surface area (Å²) >= 11 is 6.17. The average Bonchev–Trinajstić information content (AvgIpc) is 3.25. The molecule has 0 radical (unpaired) electrons. The van der Waals surface area contributed by atoms with Crippen LogP contribution in [0.25, 0.3) is 11.0 Å². The molecule has 1 aliphatic heterocycles. The third-order valence-corrected chi connectivity index (χ3v) is 6.47. The number of aromatic amines is 1. The van der Waals surface area contributed by atoms with E-state index in [1.165, 1.54) is 6.07 Å². The molecule has 1 aromatic heterocycles. The summed E-state index contributed by atoms with van der Waals surface area (Å²) in [7, 11) is -3.78. The van der Waals surface area contributed by atoms with Gasteiger partial charge in [-0.05, 0) is 49.6 Å². The summed E-state index contributed by atoms with van der Waals surface area (Å²) in [4.78, 5) is 7.82. The van der Waals surface area contributed by atoms with Gasteiger partial charge in [0.25, 0.3) is 10.0 Å². The number of halogens is 1. The van der Waals surface area contributed by atoms with Crippen LogP contribution in [0, 0.1) is 6.92 Å². The first-order valence-electron chi connectivity index (χ1n) is 8.33. The molecule has 1 saturated heterocycles. The Morgan fingerprint density at radius 1 is 1.31 bits per heavy atom. The van der Waals surface area contributed by atoms with Gasteiger partial charge in [-0.25, -0.2) is 13.4 Å². The highest BCUT2D eigenvalue weighted by atomic mass is 35.5. The third kappa shape index (κ3) is 3.18. The highest BCUT2D eigenvalue weighted by Gasteiger charge is 2.22. The van der Waals surface area contributed by atoms with Gasteiger partial charge in [0, 0.05) is 6.61 Å². The van der Waals surface area contributed by atoms with Gasteiger partial charge < -0.3 is 9.72 Å². The summed E-state index contributed by atoms with van der Waals surface area (Å²) in [6.07, 6.45) is 1.93. The summed E-state index contributed by atoms with van der Waals surface area (Å²) in [5.74, 6) is 0.777. The van der Waals surface area contributed by atoms with Gasteiger partial charge in [0.05, 0.1) is 21.7 Å². The third-order valence-electron chi connectivity index (χ3n) is 4.43. The van der Waals surface area contributed by atoms with Gasteiger partial charge in [-0.1, -0.05) is 23.7 Å². The van der Waals surface area contributed by atoms with Crippen LogP contribution < -0.4 is 4.72 Å². The van der Waals surface area contributed by atoms with E-state index in [4.69, 9.17) is 16.3 Å². The van der Waals surface area contributed by atoms with Crippen molar-refractivity contribution in [1.82, 2.24) is 9.97 Å². The fourth-order valence-electron chi connectivity index (χ4n) is 3.08. The number of H-pyrrole nitrogens is 1. The maximum Gasteiger partial charge on any atom is 0.263 e. The van der Waals surface area contributed by atoms with Crippen molar-refractivity contribution in [3.8, 4) is 0 Å². The lowest BCUT2D eigenvalue weighted by Gasteiger charge is -2.10. The molecule has 0 amide bonds. The Balaban J connectivity index is 1.65. The van der Waals surface area contributed by atoms with E-state index in [0.717, 1.165) is 36.3 Å². The number of aromatic nitrogens is 2. The highest BCUT2D eigenvalue weighted by Crippen LogP contribution is 2.30. The molecule has 2 aromatic carbocycles. The second kappa shape index (κ2) is 6.57. The first-order chi connectivity index (χ1) is 12.4. The minimum absolute atomic E-state index is 0.0198. The van der Waals surface area contributed by atoms with E-state index < -0.39 is 10.0 Å². The van der Waals surface area contributed by atoms with Crippen LogP contribution in [-0.4, -0.2) is 25.0 Å². The lowest BCUT2D eigenvalue weighted by molar-refractivity contribution is 0.106. The molecule has 8 heteroatoms.